The van der Waals surface area contributed by atoms with Crippen LogP contribution in [0.5, 0.6) is 0 Å². The Balaban J connectivity index is 2.40. The van der Waals surface area contributed by atoms with E-state index in [1.165, 1.54) is 12.1 Å². The van der Waals surface area contributed by atoms with Gasteiger partial charge in [-0.25, -0.2) is 4.39 Å². The predicted molar refractivity (Wildman–Crippen MR) is 83.6 cm³/mol. The minimum atomic E-state index is -0.304. The quantitative estimate of drug-likeness (QED) is 0.613. The smallest absolute Gasteiger partial charge is 0.125 e. The molecule has 94 valence electrons. The van der Waals surface area contributed by atoms with E-state index in [9.17, 15) is 4.39 Å². The summed E-state index contributed by atoms with van der Waals surface area (Å²) in [4.78, 5) is 0. The molecule has 0 aliphatic heterocycles. The first-order valence-corrected chi connectivity index (χ1v) is 7.32. The number of hydrogen-bond donors (Lipinski definition) is 2. The maximum atomic E-state index is 13.2. The highest BCUT2D eigenvalue weighted by Crippen LogP contribution is 2.35. The van der Waals surface area contributed by atoms with E-state index in [2.05, 4.69) is 53.1 Å². The topological polar surface area (TPSA) is 38.0 Å². The number of nitrogen functional groups attached to an aromatic ring is 1. The molecule has 0 aromatic heterocycles. The fourth-order valence-corrected chi connectivity index (χ4v) is 2.84. The highest BCUT2D eigenvalue weighted by Gasteiger charge is 2.07. The van der Waals surface area contributed by atoms with Crippen molar-refractivity contribution in [2.75, 3.05) is 11.1 Å². The average molecular weight is 439 g/mol. The highest BCUT2D eigenvalue weighted by molar-refractivity contribution is 9.11. The first-order valence-electron chi connectivity index (χ1n) is 4.94. The molecule has 0 saturated carbocycles. The lowest BCUT2D eigenvalue weighted by Crippen LogP contribution is -1.96. The van der Waals surface area contributed by atoms with Crippen LogP contribution in [-0.2, 0) is 0 Å². The zero-order chi connectivity index (χ0) is 13.3. The number of hydrogen-bond acceptors (Lipinski definition) is 2. The van der Waals surface area contributed by atoms with Crippen molar-refractivity contribution in [2.45, 2.75) is 0 Å². The molecule has 2 rings (SSSR count). The number of nitrogens with two attached hydrogens (primary N) is 1. The van der Waals surface area contributed by atoms with Crippen LogP contribution in [0.4, 0.5) is 21.5 Å². The molecule has 0 fully saturated rings. The summed E-state index contributed by atoms with van der Waals surface area (Å²) in [6.07, 6.45) is 0. The number of nitrogens with one attached hydrogen (secondary N) is 1. The largest absolute Gasteiger partial charge is 0.398 e. The maximum Gasteiger partial charge on any atom is 0.125 e. The normalized spacial score (nSPS) is 10.4. The fraction of sp³-hybridized carbons (Fsp3) is 0. The fourth-order valence-electron chi connectivity index (χ4n) is 1.40. The van der Waals surface area contributed by atoms with Gasteiger partial charge in [-0.05, 0) is 78.1 Å². The minimum Gasteiger partial charge on any atom is -0.398 e. The molecule has 0 aliphatic carbocycles. The molecule has 0 radical (unpaired) electrons. The molecule has 0 bridgehead atoms. The van der Waals surface area contributed by atoms with Gasteiger partial charge in [0.25, 0.3) is 0 Å². The lowest BCUT2D eigenvalue weighted by molar-refractivity contribution is 0.628. The van der Waals surface area contributed by atoms with Crippen LogP contribution in [0.1, 0.15) is 0 Å². The van der Waals surface area contributed by atoms with Crippen LogP contribution in [0.25, 0.3) is 0 Å². The number of anilines is 3. The Bertz CT molecular complexity index is 602. The van der Waals surface area contributed by atoms with Crippen molar-refractivity contribution in [3.8, 4) is 0 Å². The molecule has 0 saturated heterocycles. The third-order valence-corrected chi connectivity index (χ3v) is 4.32. The minimum absolute atomic E-state index is 0.304. The van der Waals surface area contributed by atoms with E-state index in [1.54, 1.807) is 12.1 Å². The van der Waals surface area contributed by atoms with Crippen LogP contribution < -0.4 is 11.1 Å². The average Bonchev–Trinajstić information content (AvgIpc) is 2.30. The summed E-state index contributed by atoms with van der Waals surface area (Å²) in [5, 5.41) is 3.11. The third kappa shape index (κ3) is 3.05. The van der Waals surface area contributed by atoms with Crippen LogP contribution in [0.3, 0.4) is 0 Å². The lowest BCUT2D eigenvalue weighted by atomic mass is 10.2. The van der Waals surface area contributed by atoms with Gasteiger partial charge in [0.15, 0.2) is 0 Å². The summed E-state index contributed by atoms with van der Waals surface area (Å²) in [7, 11) is 0. The van der Waals surface area contributed by atoms with E-state index in [1.807, 2.05) is 6.07 Å². The SMILES string of the molecule is Nc1cc(Nc2cc(F)ccc2Br)c(Br)cc1Br. The second kappa shape index (κ2) is 5.59. The number of halogens is 4. The summed E-state index contributed by atoms with van der Waals surface area (Å²) in [6, 6.07) is 8.05. The van der Waals surface area contributed by atoms with E-state index >= 15 is 0 Å². The molecular weight excluding hydrogens is 431 g/mol. The molecule has 2 aromatic carbocycles. The Labute approximate surface area is 129 Å². The van der Waals surface area contributed by atoms with Gasteiger partial charge in [0.05, 0.1) is 11.4 Å². The van der Waals surface area contributed by atoms with Crippen LogP contribution in [0.15, 0.2) is 43.7 Å². The predicted octanol–water partition coefficient (Wildman–Crippen LogP) is 5.44. The molecular formula is C12H8Br3FN2. The van der Waals surface area contributed by atoms with Gasteiger partial charge in [-0.3, -0.25) is 0 Å². The maximum absolute atomic E-state index is 13.2. The Hall–Kier alpha value is -0.590. The summed E-state index contributed by atoms with van der Waals surface area (Å²) in [5.41, 5.74) is 7.82. The van der Waals surface area contributed by atoms with Crippen LogP contribution in [0, 0.1) is 5.82 Å². The summed E-state index contributed by atoms with van der Waals surface area (Å²) in [6.45, 7) is 0. The van der Waals surface area contributed by atoms with E-state index in [0.29, 0.717) is 11.4 Å². The molecule has 0 unspecified atom stereocenters. The second-order valence-electron chi connectivity index (χ2n) is 3.60. The van der Waals surface area contributed by atoms with Crippen molar-refractivity contribution in [1.82, 2.24) is 0 Å². The first-order chi connectivity index (χ1) is 8.47. The van der Waals surface area contributed by atoms with Crippen molar-refractivity contribution in [1.29, 1.82) is 0 Å². The Morgan fingerprint density at radius 1 is 0.889 bits per heavy atom. The molecule has 3 N–H and O–H groups in total. The van der Waals surface area contributed by atoms with Gasteiger partial charge in [0, 0.05) is 19.1 Å². The number of benzene rings is 2. The Morgan fingerprint density at radius 2 is 1.56 bits per heavy atom. The van der Waals surface area contributed by atoms with Gasteiger partial charge < -0.3 is 11.1 Å². The first kappa shape index (κ1) is 13.8. The van der Waals surface area contributed by atoms with E-state index in [0.717, 1.165) is 19.1 Å². The van der Waals surface area contributed by atoms with Gasteiger partial charge in [0.1, 0.15) is 5.82 Å². The number of rotatable bonds is 2. The third-order valence-electron chi connectivity index (χ3n) is 2.28. The zero-order valence-corrected chi connectivity index (χ0v) is 13.7. The van der Waals surface area contributed by atoms with Gasteiger partial charge in [-0.2, -0.15) is 0 Å². The van der Waals surface area contributed by atoms with Gasteiger partial charge in [-0.15, -0.1) is 0 Å². The summed E-state index contributed by atoms with van der Waals surface area (Å²) >= 11 is 10.1. The molecule has 0 spiro atoms. The monoisotopic (exact) mass is 436 g/mol. The highest BCUT2D eigenvalue weighted by atomic mass is 79.9. The molecule has 18 heavy (non-hydrogen) atoms. The molecule has 0 aliphatic rings. The van der Waals surface area contributed by atoms with Gasteiger partial charge >= 0.3 is 0 Å². The lowest BCUT2D eigenvalue weighted by Gasteiger charge is -2.12. The van der Waals surface area contributed by atoms with Gasteiger partial charge in [0.2, 0.25) is 0 Å². The summed E-state index contributed by atoms with van der Waals surface area (Å²) in [5.74, 6) is -0.304. The molecule has 0 amide bonds. The van der Waals surface area contributed by atoms with Crippen molar-refractivity contribution in [3.63, 3.8) is 0 Å². The van der Waals surface area contributed by atoms with Crippen LogP contribution >= 0.6 is 47.8 Å². The Kier molecular flexibility index (Phi) is 4.29. The van der Waals surface area contributed by atoms with Crippen LogP contribution in [-0.4, -0.2) is 0 Å². The van der Waals surface area contributed by atoms with Crippen molar-refractivity contribution >= 4 is 64.9 Å². The van der Waals surface area contributed by atoms with Crippen LogP contribution in [0.2, 0.25) is 0 Å². The van der Waals surface area contributed by atoms with Crippen molar-refractivity contribution in [3.05, 3.63) is 49.6 Å². The van der Waals surface area contributed by atoms with E-state index in [-0.39, 0.29) is 5.82 Å². The van der Waals surface area contributed by atoms with Crippen molar-refractivity contribution < 1.29 is 4.39 Å². The molecule has 2 nitrogen and oxygen atoms in total. The Morgan fingerprint density at radius 3 is 2.28 bits per heavy atom. The molecule has 0 atom stereocenters. The molecule has 2 aromatic rings. The van der Waals surface area contributed by atoms with Crippen molar-refractivity contribution in [2.24, 2.45) is 0 Å². The van der Waals surface area contributed by atoms with E-state index in [4.69, 9.17) is 5.73 Å². The molecule has 6 heteroatoms. The second-order valence-corrected chi connectivity index (χ2v) is 6.17. The standard InChI is InChI=1S/C12H8Br3FN2/c13-7-2-1-6(16)3-11(7)18-12-5-10(17)8(14)4-9(12)15/h1-5,18H,17H2. The van der Waals surface area contributed by atoms with E-state index < -0.39 is 0 Å². The summed E-state index contributed by atoms with van der Waals surface area (Å²) < 4.78 is 15.6. The molecule has 0 heterocycles. The zero-order valence-electron chi connectivity index (χ0n) is 8.98. The van der Waals surface area contributed by atoms with Gasteiger partial charge in [-0.1, -0.05) is 0 Å².